The fourth-order valence-electron chi connectivity index (χ4n) is 3.54. The number of amides is 1. The van der Waals surface area contributed by atoms with E-state index in [1.807, 2.05) is 4.68 Å². The molecule has 0 saturated carbocycles. The molecule has 1 N–H and O–H groups in total. The Hall–Kier alpha value is -2.12. The number of rotatable bonds is 8. The number of carbonyl (C=O) groups is 1. The number of hydrogen-bond donors (Lipinski definition) is 1. The predicted octanol–water partition coefficient (Wildman–Crippen LogP) is 3.38. The van der Waals surface area contributed by atoms with E-state index in [9.17, 15) is 4.79 Å². The third-order valence-corrected chi connectivity index (χ3v) is 5.31. The van der Waals surface area contributed by atoms with Crippen LogP contribution in [-0.2, 0) is 16.1 Å². The molecule has 7 heteroatoms. The van der Waals surface area contributed by atoms with Crippen LogP contribution in [0.4, 0.5) is 0 Å². The van der Waals surface area contributed by atoms with Crippen LogP contribution >= 0.6 is 0 Å². The maximum absolute atomic E-state index is 12.7. The molecule has 1 saturated heterocycles. The van der Waals surface area contributed by atoms with Gasteiger partial charge in [-0.15, -0.1) is 5.10 Å². The molecule has 2 aromatic rings. The standard InChI is InChI=1S/C23H36N4O3/c1-16(2)14-24-22(28)23(5,6)30-21-19-13-18(15-26-9-11-29-12-10-26)7-8-20(19)27(25-21)17(3)4/h7-8,13,16-17H,9-12,14-15H2,1-6H3,(H,24,28). The number of aromatic nitrogens is 2. The molecule has 1 amide bonds. The van der Waals surface area contributed by atoms with Gasteiger partial charge in [0.15, 0.2) is 5.60 Å². The van der Waals surface area contributed by atoms with Crippen LogP contribution in [0.15, 0.2) is 18.2 Å². The number of ether oxygens (including phenoxy) is 2. The topological polar surface area (TPSA) is 68.6 Å². The van der Waals surface area contributed by atoms with E-state index in [0.717, 1.165) is 43.8 Å². The molecule has 30 heavy (non-hydrogen) atoms. The zero-order valence-corrected chi connectivity index (χ0v) is 19.2. The Morgan fingerprint density at radius 1 is 1.23 bits per heavy atom. The molecular weight excluding hydrogens is 380 g/mol. The van der Waals surface area contributed by atoms with Crippen molar-refractivity contribution in [3.63, 3.8) is 0 Å². The summed E-state index contributed by atoms with van der Waals surface area (Å²) in [4.78, 5) is 15.1. The second-order valence-electron chi connectivity index (χ2n) is 9.30. The lowest BCUT2D eigenvalue weighted by Gasteiger charge is -2.26. The van der Waals surface area contributed by atoms with Gasteiger partial charge in [0.2, 0.25) is 5.88 Å². The first-order valence-electron chi connectivity index (χ1n) is 11.0. The Morgan fingerprint density at radius 2 is 1.93 bits per heavy atom. The van der Waals surface area contributed by atoms with Crippen LogP contribution in [0.2, 0.25) is 0 Å². The lowest BCUT2D eigenvalue weighted by atomic mass is 10.1. The number of fused-ring (bicyclic) bond motifs is 1. The Kier molecular flexibility index (Phi) is 7.03. The number of nitrogens with one attached hydrogen (secondary N) is 1. The molecule has 0 bridgehead atoms. The molecule has 1 aliphatic rings. The first-order valence-corrected chi connectivity index (χ1v) is 11.0. The molecule has 1 fully saturated rings. The van der Waals surface area contributed by atoms with Gasteiger partial charge < -0.3 is 14.8 Å². The van der Waals surface area contributed by atoms with Gasteiger partial charge in [-0.3, -0.25) is 14.4 Å². The minimum atomic E-state index is -1.02. The maximum Gasteiger partial charge on any atom is 0.263 e. The summed E-state index contributed by atoms with van der Waals surface area (Å²) in [7, 11) is 0. The van der Waals surface area contributed by atoms with E-state index in [4.69, 9.17) is 14.6 Å². The van der Waals surface area contributed by atoms with Crippen molar-refractivity contribution >= 4 is 16.8 Å². The van der Waals surface area contributed by atoms with Crippen molar-refractivity contribution in [3.05, 3.63) is 23.8 Å². The average Bonchev–Trinajstić information content (AvgIpc) is 3.04. The van der Waals surface area contributed by atoms with Gasteiger partial charge in [0.05, 0.1) is 24.1 Å². The van der Waals surface area contributed by atoms with Gasteiger partial charge in [-0.2, -0.15) is 0 Å². The van der Waals surface area contributed by atoms with Crippen molar-refractivity contribution in [2.75, 3.05) is 32.8 Å². The maximum atomic E-state index is 12.7. The summed E-state index contributed by atoms with van der Waals surface area (Å²) in [6.45, 7) is 16.8. The summed E-state index contributed by atoms with van der Waals surface area (Å²) in [6, 6.07) is 6.60. The van der Waals surface area contributed by atoms with Crippen LogP contribution in [0, 0.1) is 5.92 Å². The summed E-state index contributed by atoms with van der Waals surface area (Å²) >= 11 is 0. The molecule has 0 unspecified atom stereocenters. The van der Waals surface area contributed by atoms with Crippen LogP contribution < -0.4 is 10.1 Å². The summed E-state index contributed by atoms with van der Waals surface area (Å²) in [6.07, 6.45) is 0. The van der Waals surface area contributed by atoms with Crippen molar-refractivity contribution in [1.82, 2.24) is 20.0 Å². The van der Waals surface area contributed by atoms with Crippen LogP contribution in [0.25, 0.3) is 10.9 Å². The van der Waals surface area contributed by atoms with Crippen molar-refractivity contribution in [2.45, 2.75) is 59.7 Å². The van der Waals surface area contributed by atoms with Crippen molar-refractivity contribution in [1.29, 1.82) is 0 Å². The van der Waals surface area contributed by atoms with Gasteiger partial charge in [0, 0.05) is 32.2 Å². The third kappa shape index (κ3) is 5.32. The zero-order chi connectivity index (χ0) is 21.9. The van der Waals surface area contributed by atoms with Crippen molar-refractivity contribution in [3.8, 4) is 5.88 Å². The van der Waals surface area contributed by atoms with E-state index in [-0.39, 0.29) is 11.9 Å². The fraction of sp³-hybridized carbons (Fsp3) is 0.652. The highest BCUT2D eigenvalue weighted by Gasteiger charge is 2.32. The highest BCUT2D eigenvalue weighted by Crippen LogP contribution is 2.31. The molecule has 2 heterocycles. The van der Waals surface area contributed by atoms with Gasteiger partial charge in [-0.05, 0) is 51.3 Å². The largest absolute Gasteiger partial charge is 0.460 e. The monoisotopic (exact) mass is 416 g/mol. The minimum Gasteiger partial charge on any atom is -0.460 e. The van der Waals surface area contributed by atoms with E-state index in [1.165, 1.54) is 5.56 Å². The molecule has 0 spiro atoms. The van der Waals surface area contributed by atoms with Crippen LogP contribution in [0.1, 0.15) is 53.1 Å². The van der Waals surface area contributed by atoms with E-state index in [0.29, 0.717) is 18.3 Å². The van der Waals surface area contributed by atoms with E-state index < -0.39 is 5.60 Å². The molecular formula is C23H36N4O3. The summed E-state index contributed by atoms with van der Waals surface area (Å²) < 4.78 is 13.6. The number of benzene rings is 1. The molecule has 1 aromatic heterocycles. The lowest BCUT2D eigenvalue weighted by molar-refractivity contribution is -0.134. The van der Waals surface area contributed by atoms with Gasteiger partial charge in [-0.25, -0.2) is 0 Å². The van der Waals surface area contributed by atoms with E-state index in [1.54, 1.807) is 13.8 Å². The number of morpholine rings is 1. The Morgan fingerprint density at radius 3 is 2.57 bits per heavy atom. The molecule has 0 radical (unpaired) electrons. The first kappa shape index (κ1) is 22.6. The van der Waals surface area contributed by atoms with Gasteiger partial charge in [-0.1, -0.05) is 19.9 Å². The molecule has 0 atom stereocenters. The minimum absolute atomic E-state index is 0.132. The third-order valence-electron chi connectivity index (χ3n) is 5.31. The van der Waals surface area contributed by atoms with Gasteiger partial charge >= 0.3 is 0 Å². The van der Waals surface area contributed by atoms with Crippen LogP contribution in [0.5, 0.6) is 5.88 Å². The molecule has 1 aliphatic heterocycles. The quantitative estimate of drug-likeness (QED) is 0.714. The molecule has 0 aliphatic carbocycles. The van der Waals surface area contributed by atoms with Crippen molar-refractivity contribution in [2.24, 2.45) is 5.92 Å². The summed E-state index contributed by atoms with van der Waals surface area (Å²) in [5, 5.41) is 8.63. The molecule has 7 nitrogen and oxygen atoms in total. The molecule has 1 aromatic carbocycles. The Labute approximate surface area is 179 Å². The second-order valence-corrected chi connectivity index (χ2v) is 9.30. The van der Waals surface area contributed by atoms with Crippen molar-refractivity contribution < 1.29 is 14.3 Å². The number of carbonyl (C=O) groups excluding carboxylic acids is 1. The normalized spacial score (nSPS) is 15.9. The second kappa shape index (κ2) is 9.35. The summed E-state index contributed by atoms with van der Waals surface area (Å²) in [5.74, 6) is 0.758. The van der Waals surface area contributed by atoms with Crippen LogP contribution in [0.3, 0.4) is 0 Å². The highest BCUT2D eigenvalue weighted by atomic mass is 16.5. The highest BCUT2D eigenvalue weighted by molar-refractivity contribution is 5.88. The fourth-order valence-corrected chi connectivity index (χ4v) is 3.54. The first-order chi connectivity index (χ1) is 14.2. The number of nitrogens with zero attached hydrogens (tertiary/aromatic N) is 3. The van der Waals surface area contributed by atoms with Gasteiger partial charge in [0.25, 0.3) is 5.91 Å². The summed E-state index contributed by atoms with van der Waals surface area (Å²) in [5.41, 5.74) is 1.21. The molecule has 3 rings (SSSR count). The van der Waals surface area contributed by atoms with E-state index in [2.05, 4.69) is 56.1 Å². The Bertz CT molecular complexity index is 867. The molecule has 166 valence electrons. The van der Waals surface area contributed by atoms with Gasteiger partial charge in [0.1, 0.15) is 0 Å². The zero-order valence-electron chi connectivity index (χ0n) is 19.2. The SMILES string of the molecule is CC(C)CNC(=O)C(C)(C)Oc1nn(C(C)C)c2ccc(CN3CCOCC3)cc12. The Balaban J connectivity index is 1.88. The number of hydrogen-bond acceptors (Lipinski definition) is 5. The lowest BCUT2D eigenvalue weighted by Crippen LogP contribution is -2.47. The van der Waals surface area contributed by atoms with Crippen LogP contribution in [-0.4, -0.2) is 59.0 Å². The predicted molar refractivity (Wildman–Crippen MR) is 119 cm³/mol. The average molecular weight is 417 g/mol. The van der Waals surface area contributed by atoms with E-state index >= 15 is 0 Å². The smallest absolute Gasteiger partial charge is 0.263 e.